The van der Waals surface area contributed by atoms with Gasteiger partial charge < -0.3 is 14.7 Å². The summed E-state index contributed by atoms with van der Waals surface area (Å²) in [6, 6.07) is 13.4. The first-order valence-electron chi connectivity index (χ1n) is 10.4. The lowest BCUT2D eigenvalue weighted by Gasteiger charge is -2.36. The Labute approximate surface area is 194 Å². The number of likely N-dealkylation sites (tertiary alicyclic amines) is 1. The Morgan fingerprint density at radius 3 is 2.06 bits per heavy atom. The van der Waals surface area contributed by atoms with Gasteiger partial charge in [0, 0.05) is 28.6 Å². The van der Waals surface area contributed by atoms with E-state index >= 15 is 0 Å². The lowest BCUT2D eigenvalue weighted by Crippen LogP contribution is -2.48. The summed E-state index contributed by atoms with van der Waals surface area (Å²) in [6.45, 7) is 5.67. The molecule has 0 aromatic heterocycles. The number of carboxylic acids is 1. The minimum absolute atomic E-state index is 0. The van der Waals surface area contributed by atoms with E-state index in [1.807, 2.05) is 0 Å². The molecule has 1 saturated heterocycles. The molecule has 7 heteroatoms. The van der Waals surface area contributed by atoms with Crippen molar-refractivity contribution in [3.05, 3.63) is 64.7 Å². The van der Waals surface area contributed by atoms with Gasteiger partial charge in [0.1, 0.15) is 5.75 Å². The summed E-state index contributed by atoms with van der Waals surface area (Å²) >= 11 is 5.88. The molecule has 168 valence electrons. The zero-order chi connectivity index (χ0) is 21.7. The van der Waals surface area contributed by atoms with Crippen LogP contribution >= 0.6 is 24.0 Å². The Hall–Kier alpha value is -2.08. The van der Waals surface area contributed by atoms with Crippen molar-refractivity contribution in [2.75, 3.05) is 13.1 Å². The number of ether oxygens (including phenoxy) is 1. The van der Waals surface area contributed by atoms with Crippen molar-refractivity contribution in [3.8, 4) is 5.75 Å². The van der Waals surface area contributed by atoms with Crippen LogP contribution in [0.2, 0.25) is 5.02 Å². The molecule has 0 bridgehead atoms. The number of carboxylic acid groups (broad SMARTS) is 1. The highest BCUT2D eigenvalue weighted by Gasteiger charge is 2.38. The number of nitrogens with zero attached hydrogens (tertiary/aromatic N) is 1. The summed E-state index contributed by atoms with van der Waals surface area (Å²) in [5.41, 5.74) is -0.305. The molecule has 0 radical (unpaired) electrons. The molecule has 1 N–H and O–H groups in total. The third kappa shape index (κ3) is 6.45. The van der Waals surface area contributed by atoms with Gasteiger partial charge in [-0.05, 0) is 88.3 Å². The highest BCUT2D eigenvalue weighted by atomic mass is 35.5. The maximum Gasteiger partial charge on any atom is 0.347 e. The molecule has 0 spiro atoms. The fourth-order valence-corrected chi connectivity index (χ4v) is 4.05. The largest absolute Gasteiger partial charge is 0.478 e. The zero-order valence-corrected chi connectivity index (χ0v) is 19.4. The molecule has 1 aliphatic heterocycles. The molecule has 2 aromatic rings. The van der Waals surface area contributed by atoms with Gasteiger partial charge in [-0.1, -0.05) is 18.0 Å². The van der Waals surface area contributed by atoms with Crippen LogP contribution in [0.4, 0.5) is 0 Å². The summed E-state index contributed by atoms with van der Waals surface area (Å²) in [5, 5.41) is 10.4. The number of aliphatic carboxylic acids is 1. The van der Waals surface area contributed by atoms with Gasteiger partial charge in [-0.2, -0.15) is 0 Å². The van der Waals surface area contributed by atoms with E-state index in [0.717, 1.165) is 25.9 Å². The number of halogens is 2. The molecule has 1 aliphatic rings. The molecule has 2 atom stereocenters. The first-order valence-corrected chi connectivity index (χ1v) is 10.7. The number of piperidine rings is 1. The van der Waals surface area contributed by atoms with Crippen molar-refractivity contribution < 1.29 is 19.4 Å². The summed E-state index contributed by atoms with van der Waals surface area (Å²) in [4.78, 5) is 27.0. The van der Waals surface area contributed by atoms with Gasteiger partial charge in [0.15, 0.2) is 5.78 Å². The van der Waals surface area contributed by atoms with E-state index in [1.165, 1.54) is 6.42 Å². The van der Waals surface area contributed by atoms with Gasteiger partial charge in [-0.15, -0.1) is 12.4 Å². The van der Waals surface area contributed by atoms with Gasteiger partial charge in [0.2, 0.25) is 5.60 Å². The van der Waals surface area contributed by atoms with Crippen LogP contribution in [0.1, 0.15) is 55.5 Å². The van der Waals surface area contributed by atoms with Crippen molar-refractivity contribution in [1.29, 1.82) is 0 Å². The maximum absolute atomic E-state index is 12.6. The van der Waals surface area contributed by atoms with E-state index in [9.17, 15) is 14.7 Å². The van der Waals surface area contributed by atoms with Crippen molar-refractivity contribution >= 4 is 35.8 Å². The summed E-state index contributed by atoms with van der Waals surface area (Å²) in [7, 11) is 0. The summed E-state index contributed by atoms with van der Waals surface area (Å²) in [5.74, 6) is -0.691. The van der Waals surface area contributed by atoms with E-state index < -0.39 is 11.6 Å². The van der Waals surface area contributed by atoms with Gasteiger partial charge in [-0.3, -0.25) is 4.79 Å². The number of hydrogen-bond acceptors (Lipinski definition) is 4. The molecule has 0 amide bonds. The Morgan fingerprint density at radius 1 is 1.03 bits per heavy atom. The number of hydrogen-bond donors (Lipinski definition) is 1. The van der Waals surface area contributed by atoms with E-state index in [4.69, 9.17) is 16.3 Å². The second kappa shape index (κ2) is 11.0. The zero-order valence-electron chi connectivity index (χ0n) is 17.8. The molecule has 1 fully saturated rings. The van der Waals surface area contributed by atoms with Crippen molar-refractivity contribution in [1.82, 2.24) is 4.90 Å². The van der Waals surface area contributed by atoms with Gasteiger partial charge in [0.25, 0.3) is 0 Å². The van der Waals surface area contributed by atoms with Crippen LogP contribution in [0.15, 0.2) is 48.5 Å². The van der Waals surface area contributed by atoms with Crippen molar-refractivity contribution in [3.63, 3.8) is 0 Å². The maximum atomic E-state index is 12.6. The van der Waals surface area contributed by atoms with Gasteiger partial charge >= 0.3 is 5.97 Å². The molecule has 2 unspecified atom stereocenters. The van der Waals surface area contributed by atoms with Crippen LogP contribution in [0, 0.1) is 0 Å². The second-order valence-corrected chi connectivity index (χ2v) is 8.58. The van der Waals surface area contributed by atoms with Gasteiger partial charge in [-0.25, -0.2) is 4.79 Å². The molecule has 0 aliphatic carbocycles. The lowest BCUT2D eigenvalue weighted by molar-refractivity contribution is -0.155. The van der Waals surface area contributed by atoms with E-state index in [0.29, 0.717) is 28.3 Å². The van der Waals surface area contributed by atoms with Crippen molar-refractivity contribution in [2.45, 2.75) is 51.2 Å². The number of carbonyl (C=O) groups is 2. The average molecular weight is 466 g/mol. The van der Waals surface area contributed by atoms with Crippen LogP contribution in [0.25, 0.3) is 0 Å². The highest BCUT2D eigenvalue weighted by molar-refractivity contribution is 6.30. The van der Waals surface area contributed by atoms with Crippen LogP contribution in [-0.4, -0.2) is 46.5 Å². The molecular formula is C24H29Cl2NO4. The topological polar surface area (TPSA) is 66.8 Å². The lowest BCUT2D eigenvalue weighted by atomic mass is 9.95. The Morgan fingerprint density at radius 2 is 1.55 bits per heavy atom. The second-order valence-electron chi connectivity index (χ2n) is 8.15. The molecule has 31 heavy (non-hydrogen) atoms. The fraction of sp³-hybridized carbons (Fsp3) is 0.417. The predicted molar refractivity (Wildman–Crippen MR) is 125 cm³/mol. The first-order chi connectivity index (χ1) is 14.3. The molecule has 2 aromatic carbocycles. The third-order valence-corrected chi connectivity index (χ3v) is 5.97. The Kier molecular flexibility index (Phi) is 8.92. The minimum atomic E-state index is -1.35. The summed E-state index contributed by atoms with van der Waals surface area (Å²) in [6.07, 6.45) is 3.92. The highest BCUT2D eigenvalue weighted by Crippen LogP contribution is 2.27. The SMILES string of the molecule is CC(CC(C)(Oc1ccc(C(=O)c2ccc(Cl)cc2)cc1)C(=O)O)N1CCCCC1.Cl. The third-order valence-electron chi connectivity index (χ3n) is 5.72. The molecule has 1 heterocycles. The monoisotopic (exact) mass is 465 g/mol. The fourth-order valence-electron chi connectivity index (χ4n) is 3.93. The molecule has 0 saturated carbocycles. The number of ketones is 1. The summed E-state index contributed by atoms with van der Waals surface area (Å²) < 4.78 is 5.93. The van der Waals surface area contributed by atoms with E-state index in [1.54, 1.807) is 55.5 Å². The predicted octanol–water partition coefficient (Wildman–Crippen LogP) is 5.48. The van der Waals surface area contributed by atoms with Crippen molar-refractivity contribution in [2.24, 2.45) is 0 Å². The smallest absolute Gasteiger partial charge is 0.347 e. The quantitative estimate of drug-likeness (QED) is 0.522. The Bertz CT molecular complexity index is 879. The Balaban J connectivity index is 0.00000341. The molecule has 3 rings (SSSR count). The number of carbonyl (C=O) groups excluding carboxylic acids is 1. The van der Waals surface area contributed by atoms with Crippen LogP contribution in [-0.2, 0) is 4.79 Å². The standard InChI is InChI=1S/C24H28ClNO4.ClH/c1-17(26-14-4-3-5-15-26)16-24(2,23(28)29)30-21-12-8-19(9-13-21)22(27)18-6-10-20(25)11-7-18;/h6-13,17H,3-5,14-16H2,1-2H3,(H,28,29);1H. The first kappa shape index (κ1) is 25.2. The normalized spacial score (nSPS) is 17.1. The number of benzene rings is 2. The van der Waals surface area contributed by atoms with E-state index in [-0.39, 0.29) is 24.2 Å². The van der Waals surface area contributed by atoms with Crippen LogP contribution in [0.3, 0.4) is 0 Å². The van der Waals surface area contributed by atoms with Crippen LogP contribution in [0.5, 0.6) is 5.75 Å². The minimum Gasteiger partial charge on any atom is -0.478 e. The average Bonchev–Trinajstić information content (AvgIpc) is 2.75. The number of rotatable bonds is 8. The molecule has 5 nitrogen and oxygen atoms in total. The van der Waals surface area contributed by atoms with Gasteiger partial charge in [0.05, 0.1) is 0 Å². The molecular weight excluding hydrogens is 437 g/mol. The van der Waals surface area contributed by atoms with Crippen LogP contribution < -0.4 is 4.74 Å². The van der Waals surface area contributed by atoms with E-state index in [2.05, 4.69) is 11.8 Å².